The fourth-order valence-electron chi connectivity index (χ4n) is 1.12. The van der Waals surface area contributed by atoms with Gasteiger partial charge in [0.15, 0.2) is 21.9 Å². The highest BCUT2D eigenvalue weighted by atomic mass is 35.5. The third-order valence-corrected chi connectivity index (χ3v) is 2.37. The van der Waals surface area contributed by atoms with E-state index >= 15 is 0 Å². The minimum absolute atomic E-state index is 0.149. The van der Waals surface area contributed by atoms with E-state index in [1.54, 1.807) is 0 Å². The molecule has 1 aromatic carbocycles. The molecule has 0 aliphatic carbocycles. The Kier molecular flexibility index (Phi) is 3.03. The van der Waals surface area contributed by atoms with Crippen LogP contribution >= 0.6 is 23.2 Å². The van der Waals surface area contributed by atoms with Crippen LogP contribution in [-0.4, -0.2) is 9.97 Å². The monoisotopic (exact) mass is 260 g/mol. The quantitative estimate of drug-likeness (QED) is 0.731. The van der Waals surface area contributed by atoms with E-state index in [0.29, 0.717) is 5.56 Å². The number of benzene rings is 1. The van der Waals surface area contributed by atoms with Crippen molar-refractivity contribution in [2.24, 2.45) is 0 Å². The summed E-state index contributed by atoms with van der Waals surface area (Å²) in [5, 5.41) is -0.723. The average Bonchev–Trinajstić information content (AvgIpc) is 2.26. The van der Waals surface area contributed by atoms with Gasteiger partial charge >= 0.3 is 0 Å². The molecule has 0 atom stereocenters. The van der Waals surface area contributed by atoms with Crippen molar-refractivity contribution >= 4 is 23.2 Å². The first-order chi connectivity index (χ1) is 7.58. The molecule has 0 spiro atoms. The molecule has 1 aromatic heterocycles. The Morgan fingerprint density at radius 3 is 1.88 bits per heavy atom. The summed E-state index contributed by atoms with van der Waals surface area (Å²) in [6.07, 6.45) is 0. The van der Waals surface area contributed by atoms with Gasteiger partial charge in [-0.3, -0.25) is 0 Å². The van der Waals surface area contributed by atoms with Crippen molar-refractivity contribution in [1.82, 2.24) is 9.97 Å². The predicted molar refractivity (Wildman–Crippen MR) is 57.4 cm³/mol. The van der Waals surface area contributed by atoms with Gasteiger partial charge in [0.2, 0.25) is 0 Å². The lowest BCUT2D eigenvalue weighted by molar-refractivity contribution is 0.615. The van der Waals surface area contributed by atoms with Gasteiger partial charge in [-0.05, 0) is 24.3 Å². The summed E-state index contributed by atoms with van der Waals surface area (Å²) in [4.78, 5) is 7.41. The lowest BCUT2D eigenvalue weighted by atomic mass is 10.2. The summed E-state index contributed by atoms with van der Waals surface area (Å²) in [5.74, 6) is -1.10. The Bertz CT molecular complexity index is 506. The average molecular weight is 261 g/mol. The zero-order valence-corrected chi connectivity index (χ0v) is 9.23. The van der Waals surface area contributed by atoms with Gasteiger partial charge in [-0.25, -0.2) is 18.7 Å². The van der Waals surface area contributed by atoms with E-state index < -0.39 is 5.82 Å². The predicted octanol–water partition coefficient (Wildman–Crippen LogP) is 3.73. The summed E-state index contributed by atoms with van der Waals surface area (Å²) >= 11 is 11.0. The number of aromatic nitrogens is 2. The third kappa shape index (κ3) is 2.13. The molecule has 6 heteroatoms. The molecule has 0 aliphatic heterocycles. The van der Waals surface area contributed by atoms with Gasteiger partial charge in [0, 0.05) is 5.56 Å². The number of rotatable bonds is 1. The Morgan fingerprint density at radius 1 is 0.875 bits per heavy atom. The highest BCUT2D eigenvalue weighted by molar-refractivity contribution is 6.33. The SMILES string of the molecule is Fc1ccc(-c2nc(Cl)c(F)c(Cl)n2)cc1. The Labute approximate surface area is 99.9 Å². The van der Waals surface area contributed by atoms with Crippen molar-refractivity contribution in [3.05, 3.63) is 46.2 Å². The van der Waals surface area contributed by atoms with Crippen LogP contribution in [0.3, 0.4) is 0 Å². The van der Waals surface area contributed by atoms with Crippen LogP contribution in [0.5, 0.6) is 0 Å². The van der Waals surface area contributed by atoms with Gasteiger partial charge in [-0.2, -0.15) is 0 Å². The zero-order valence-electron chi connectivity index (χ0n) is 7.72. The first kappa shape index (κ1) is 11.2. The van der Waals surface area contributed by atoms with Gasteiger partial charge in [0.25, 0.3) is 0 Å². The van der Waals surface area contributed by atoms with Crippen LogP contribution in [0.4, 0.5) is 8.78 Å². The van der Waals surface area contributed by atoms with Crippen LogP contribution in [0.25, 0.3) is 11.4 Å². The molecular formula is C10H4Cl2F2N2. The highest BCUT2D eigenvalue weighted by Gasteiger charge is 2.12. The first-order valence-electron chi connectivity index (χ1n) is 4.22. The topological polar surface area (TPSA) is 25.8 Å². The Hall–Kier alpha value is -1.26. The van der Waals surface area contributed by atoms with Gasteiger partial charge < -0.3 is 0 Å². The molecule has 2 aromatic rings. The number of hydrogen-bond acceptors (Lipinski definition) is 2. The molecule has 82 valence electrons. The normalized spacial score (nSPS) is 10.5. The molecule has 2 nitrogen and oxygen atoms in total. The fraction of sp³-hybridized carbons (Fsp3) is 0. The maximum absolute atomic E-state index is 13.0. The van der Waals surface area contributed by atoms with Crippen molar-refractivity contribution in [2.45, 2.75) is 0 Å². The van der Waals surface area contributed by atoms with E-state index in [1.807, 2.05) is 0 Å². The molecular weight excluding hydrogens is 257 g/mol. The molecule has 0 unspecified atom stereocenters. The molecule has 0 saturated heterocycles. The second-order valence-electron chi connectivity index (χ2n) is 2.95. The molecule has 0 N–H and O–H groups in total. The molecule has 0 aliphatic rings. The molecule has 0 saturated carbocycles. The Morgan fingerprint density at radius 2 is 1.38 bits per heavy atom. The van der Waals surface area contributed by atoms with Gasteiger partial charge in [0.05, 0.1) is 0 Å². The van der Waals surface area contributed by atoms with Gasteiger partial charge in [-0.15, -0.1) is 0 Å². The molecule has 0 amide bonds. The number of hydrogen-bond donors (Lipinski definition) is 0. The minimum Gasteiger partial charge on any atom is -0.213 e. The van der Waals surface area contributed by atoms with Crippen LogP contribution in [0.2, 0.25) is 10.3 Å². The van der Waals surface area contributed by atoms with E-state index in [9.17, 15) is 8.78 Å². The largest absolute Gasteiger partial charge is 0.213 e. The standard InChI is InChI=1S/C10H4Cl2F2N2/c11-8-7(14)9(12)16-10(15-8)5-1-3-6(13)4-2-5/h1-4H. The smallest absolute Gasteiger partial charge is 0.197 e. The number of nitrogens with zero attached hydrogens (tertiary/aromatic N) is 2. The van der Waals surface area contributed by atoms with Gasteiger partial charge in [-0.1, -0.05) is 23.2 Å². The van der Waals surface area contributed by atoms with Crippen LogP contribution in [-0.2, 0) is 0 Å². The summed E-state index contributed by atoms with van der Waals surface area (Å²) in [7, 11) is 0. The first-order valence-corrected chi connectivity index (χ1v) is 4.98. The fourth-order valence-corrected chi connectivity index (χ4v) is 1.51. The molecule has 0 bridgehead atoms. The Balaban J connectivity index is 2.52. The van der Waals surface area contributed by atoms with Crippen molar-refractivity contribution in [3.63, 3.8) is 0 Å². The molecule has 2 rings (SSSR count). The third-order valence-electron chi connectivity index (χ3n) is 1.87. The van der Waals surface area contributed by atoms with Crippen LogP contribution in [0.15, 0.2) is 24.3 Å². The van der Waals surface area contributed by atoms with Crippen LogP contribution in [0.1, 0.15) is 0 Å². The van der Waals surface area contributed by atoms with Crippen LogP contribution in [0, 0.1) is 11.6 Å². The summed E-state index contributed by atoms with van der Waals surface area (Å²) in [6.45, 7) is 0. The number of halogens is 4. The van der Waals surface area contributed by atoms with Gasteiger partial charge in [0.1, 0.15) is 5.82 Å². The molecule has 16 heavy (non-hydrogen) atoms. The van der Waals surface area contributed by atoms with Crippen molar-refractivity contribution in [3.8, 4) is 11.4 Å². The second-order valence-corrected chi connectivity index (χ2v) is 3.67. The van der Waals surface area contributed by atoms with E-state index in [1.165, 1.54) is 24.3 Å². The highest BCUT2D eigenvalue weighted by Crippen LogP contribution is 2.23. The second kappa shape index (κ2) is 4.31. The molecule has 0 fully saturated rings. The lowest BCUT2D eigenvalue weighted by Gasteiger charge is -2.02. The van der Waals surface area contributed by atoms with Crippen molar-refractivity contribution in [2.75, 3.05) is 0 Å². The lowest BCUT2D eigenvalue weighted by Crippen LogP contribution is -1.94. The van der Waals surface area contributed by atoms with E-state index in [-0.39, 0.29) is 21.9 Å². The summed E-state index contributed by atoms with van der Waals surface area (Å²) < 4.78 is 25.7. The summed E-state index contributed by atoms with van der Waals surface area (Å²) in [6, 6.07) is 5.39. The van der Waals surface area contributed by atoms with Crippen LogP contribution < -0.4 is 0 Å². The van der Waals surface area contributed by atoms with E-state index in [0.717, 1.165) is 0 Å². The molecule has 0 radical (unpaired) electrons. The summed E-state index contributed by atoms with van der Waals surface area (Å²) in [5.41, 5.74) is 0.505. The van der Waals surface area contributed by atoms with Crippen molar-refractivity contribution < 1.29 is 8.78 Å². The minimum atomic E-state index is -0.866. The zero-order chi connectivity index (χ0) is 11.7. The maximum atomic E-state index is 13.0. The van der Waals surface area contributed by atoms with E-state index in [2.05, 4.69) is 9.97 Å². The molecule has 1 heterocycles. The maximum Gasteiger partial charge on any atom is 0.197 e. The van der Waals surface area contributed by atoms with E-state index in [4.69, 9.17) is 23.2 Å². The van der Waals surface area contributed by atoms with Crippen molar-refractivity contribution in [1.29, 1.82) is 0 Å².